The Bertz CT molecular complexity index is 1170. The third-order valence-corrected chi connectivity index (χ3v) is 6.92. The summed E-state index contributed by atoms with van der Waals surface area (Å²) in [5.41, 5.74) is 1.47. The molecular formula is C24H28N6O3. The lowest BCUT2D eigenvalue weighted by molar-refractivity contribution is -0.136. The van der Waals surface area contributed by atoms with Crippen molar-refractivity contribution < 1.29 is 14.1 Å². The van der Waals surface area contributed by atoms with Gasteiger partial charge < -0.3 is 18.9 Å². The number of aromatic nitrogens is 4. The fourth-order valence-corrected chi connectivity index (χ4v) is 5.07. The highest BCUT2D eigenvalue weighted by Gasteiger charge is 2.58. The van der Waals surface area contributed by atoms with E-state index in [1.807, 2.05) is 34.1 Å². The molecule has 9 nitrogen and oxygen atoms in total. The fraction of sp³-hybridized carbons (Fsp3) is 0.458. The van der Waals surface area contributed by atoms with Crippen LogP contribution in [-0.4, -0.2) is 60.9 Å². The lowest BCUT2D eigenvalue weighted by Crippen LogP contribution is -2.40. The second-order valence-electron chi connectivity index (χ2n) is 9.39. The average Bonchev–Trinajstić information content (AvgIpc) is 3.58. The number of carbonyl (C=O) groups excluding carboxylic acids is 2. The molecule has 0 aromatic carbocycles. The van der Waals surface area contributed by atoms with Crippen molar-refractivity contribution in [2.45, 2.75) is 45.7 Å². The molecule has 5 heterocycles. The summed E-state index contributed by atoms with van der Waals surface area (Å²) in [4.78, 5) is 39.5. The second kappa shape index (κ2) is 8.13. The minimum absolute atomic E-state index is 0.0787. The van der Waals surface area contributed by atoms with Crippen LogP contribution in [0.1, 0.15) is 59.7 Å². The molecule has 0 aliphatic carbocycles. The van der Waals surface area contributed by atoms with Crippen LogP contribution in [0.3, 0.4) is 0 Å². The fourth-order valence-electron chi connectivity index (χ4n) is 5.07. The van der Waals surface area contributed by atoms with E-state index in [9.17, 15) is 9.59 Å². The van der Waals surface area contributed by atoms with Gasteiger partial charge in [-0.25, -0.2) is 4.98 Å². The third kappa shape index (κ3) is 3.71. The largest absolute Gasteiger partial charge is 0.361 e. The maximum absolute atomic E-state index is 13.9. The van der Waals surface area contributed by atoms with E-state index in [0.29, 0.717) is 38.4 Å². The molecule has 0 radical (unpaired) electrons. The van der Waals surface area contributed by atoms with Gasteiger partial charge in [0, 0.05) is 62.8 Å². The first kappa shape index (κ1) is 21.4. The molecule has 2 fully saturated rings. The lowest BCUT2D eigenvalue weighted by Gasteiger charge is -2.27. The van der Waals surface area contributed by atoms with Crippen molar-refractivity contribution >= 4 is 11.8 Å². The van der Waals surface area contributed by atoms with Crippen LogP contribution >= 0.6 is 0 Å². The summed E-state index contributed by atoms with van der Waals surface area (Å²) in [5.74, 6) is 0.275. The van der Waals surface area contributed by atoms with Crippen LogP contribution in [0.25, 0.3) is 0 Å². The number of carbonyl (C=O) groups is 2. The van der Waals surface area contributed by atoms with Gasteiger partial charge in [-0.2, -0.15) is 0 Å². The molecule has 3 aromatic heterocycles. The van der Waals surface area contributed by atoms with Gasteiger partial charge in [-0.1, -0.05) is 5.16 Å². The molecule has 2 saturated heterocycles. The Labute approximate surface area is 192 Å². The van der Waals surface area contributed by atoms with Gasteiger partial charge in [0.2, 0.25) is 5.91 Å². The van der Waals surface area contributed by atoms with Gasteiger partial charge in [-0.05, 0) is 44.9 Å². The van der Waals surface area contributed by atoms with Crippen LogP contribution in [0.4, 0.5) is 0 Å². The van der Waals surface area contributed by atoms with Crippen LogP contribution in [0, 0.1) is 12.3 Å². The number of aryl methyl sites for hydroxylation is 1. The second-order valence-corrected chi connectivity index (χ2v) is 9.39. The number of hydrogen-bond acceptors (Lipinski definition) is 6. The van der Waals surface area contributed by atoms with Crippen LogP contribution in [0.2, 0.25) is 0 Å². The van der Waals surface area contributed by atoms with E-state index in [0.717, 1.165) is 11.3 Å². The smallest absolute Gasteiger partial charge is 0.276 e. The highest BCUT2D eigenvalue weighted by Crippen LogP contribution is 2.50. The maximum Gasteiger partial charge on any atom is 0.276 e. The first-order valence-corrected chi connectivity index (χ1v) is 11.3. The predicted molar refractivity (Wildman–Crippen MR) is 119 cm³/mol. The predicted octanol–water partition coefficient (Wildman–Crippen LogP) is 2.81. The first-order valence-electron chi connectivity index (χ1n) is 11.3. The lowest BCUT2D eigenvalue weighted by atomic mass is 9.75. The minimum atomic E-state index is -0.697. The molecule has 0 bridgehead atoms. The van der Waals surface area contributed by atoms with E-state index in [1.165, 1.54) is 0 Å². The van der Waals surface area contributed by atoms with E-state index >= 15 is 0 Å². The molecule has 1 spiro atoms. The zero-order valence-electron chi connectivity index (χ0n) is 19.1. The zero-order chi connectivity index (χ0) is 23.2. The normalized spacial score (nSPS) is 22.8. The Balaban J connectivity index is 1.47. The molecule has 2 aliphatic rings. The summed E-state index contributed by atoms with van der Waals surface area (Å²) in [6.45, 7) is 7.90. The number of nitrogens with zero attached hydrogens (tertiary/aromatic N) is 6. The van der Waals surface area contributed by atoms with Gasteiger partial charge in [0.05, 0.1) is 17.4 Å². The van der Waals surface area contributed by atoms with Crippen LogP contribution < -0.4 is 0 Å². The molecule has 172 valence electrons. The van der Waals surface area contributed by atoms with Gasteiger partial charge in [0.1, 0.15) is 5.76 Å². The molecule has 5 rings (SSSR count). The highest BCUT2D eigenvalue weighted by atomic mass is 16.5. The summed E-state index contributed by atoms with van der Waals surface area (Å²) >= 11 is 0. The monoisotopic (exact) mass is 448 g/mol. The first-order chi connectivity index (χ1) is 15.9. The van der Waals surface area contributed by atoms with Gasteiger partial charge >= 0.3 is 0 Å². The Hall–Kier alpha value is -3.49. The van der Waals surface area contributed by atoms with Crippen LogP contribution in [-0.2, 0) is 11.3 Å². The number of likely N-dealkylation sites (tertiary alicyclic amines) is 2. The molecule has 0 unspecified atom stereocenters. The molecule has 3 aromatic rings. The van der Waals surface area contributed by atoms with Crippen molar-refractivity contribution in [3.05, 3.63) is 65.8 Å². The van der Waals surface area contributed by atoms with E-state index in [1.54, 1.807) is 30.3 Å². The highest BCUT2D eigenvalue weighted by molar-refractivity contribution is 5.94. The van der Waals surface area contributed by atoms with Gasteiger partial charge in [0.15, 0.2) is 5.69 Å². The molecule has 0 N–H and O–H groups in total. The van der Waals surface area contributed by atoms with Crippen molar-refractivity contribution in [2.75, 3.05) is 19.6 Å². The summed E-state index contributed by atoms with van der Waals surface area (Å²) in [7, 11) is 0. The van der Waals surface area contributed by atoms with E-state index in [-0.39, 0.29) is 29.5 Å². The number of rotatable bonds is 5. The van der Waals surface area contributed by atoms with Crippen molar-refractivity contribution in [1.82, 2.24) is 29.5 Å². The number of hydrogen-bond donors (Lipinski definition) is 0. The molecule has 33 heavy (non-hydrogen) atoms. The summed E-state index contributed by atoms with van der Waals surface area (Å²) < 4.78 is 7.16. The van der Waals surface area contributed by atoms with E-state index in [2.05, 4.69) is 29.0 Å². The molecule has 9 heteroatoms. The summed E-state index contributed by atoms with van der Waals surface area (Å²) in [6, 6.07) is 5.76. The van der Waals surface area contributed by atoms with Crippen molar-refractivity contribution in [2.24, 2.45) is 5.41 Å². The van der Waals surface area contributed by atoms with E-state index in [4.69, 9.17) is 4.52 Å². The van der Waals surface area contributed by atoms with E-state index < -0.39 is 5.41 Å². The minimum Gasteiger partial charge on any atom is -0.361 e. The number of imidazole rings is 1. The molecular weight excluding hydrogens is 420 g/mol. The Kier molecular flexibility index (Phi) is 5.26. The standard InChI is InChI=1S/C24H28N6O3/c1-16(2)30-13-21(26-15-30)19-12-29(22(31)20-10-17(3)33-27-20)14-24(19)6-9-28(23(24)32)11-18-4-7-25-8-5-18/h4-5,7-8,10,13,15-16,19H,6,9,11-12,14H2,1-3H3/t19-,24-/m0/s1. The summed E-state index contributed by atoms with van der Waals surface area (Å²) in [5, 5.41) is 3.90. The zero-order valence-corrected chi connectivity index (χ0v) is 19.1. The quantitative estimate of drug-likeness (QED) is 0.595. The molecule has 2 amide bonds. The van der Waals surface area contributed by atoms with Gasteiger partial charge in [-0.3, -0.25) is 14.6 Å². The topological polar surface area (TPSA) is 97.4 Å². The Morgan fingerprint density at radius 1 is 1.30 bits per heavy atom. The third-order valence-electron chi connectivity index (χ3n) is 6.92. The SMILES string of the molecule is Cc1cc(C(=O)N2C[C@@H](c3cn(C(C)C)cn3)[C@]3(CCN(Cc4ccncc4)C3=O)C2)no1. The number of amides is 2. The van der Waals surface area contributed by atoms with Crippen molar-refractivity contribution in [1.29, 1.82) is 0 Å². The van der Waals surface area contributed by atoms with Crippen molar-refractivity contribution in [3.63, 3.8) is 0 Å². The molecule has 0 saturated carbocycles. The number of pyridine rings is 1. The molecule has 2 atom stereocenters. The van der Waals surface area contributed by atoms with Gasteiger partial charge in [-0.15, -0.1) is 0 Å². The summed E-state index contributed by atoms with van der Waals surface area (Å²) in [6.07, 6.45) is 7.99. The Morgan fingerprint density at radius 3 is 2.76 bits per heavy atom. The van der Waals surface area contributed by atoms with Crippen LogP contribution in [0.15, 0.2) is 47.6 Å². The Morgan fingerprint density at radius 2 is 2.09 bits per heavy atom. The molecule has 2 aliphatic heterocycles. The average molecular weight is 449 g/mol. The van der Waals surface area contributed by atoms with Gasteiger partial charge in [0.25, 0.3) is 5.91 Å². The maximum atomic E-state index is 13.9. The van der Waals surface area contributed by atoms with Crippen LogP contribution in [0.5, 0.6) is 0 Å². The van der Waals surface area contributed by atoms with Crippen molar-refractivity contribution in [3.8, 4) is 0 Å².